The van der Waals surface area contributed by atoms with Crippen molar-refractivity contribution in [1.82, 2.24) is 9.97 Å². The molecule has 1 fully saturated rings. The summed E-state index contributed by atoms with van der Waals surface area (Å²) in [5.41, 5.74) is 5.69. The van der Waals surface area contributed by atoms with Gasteiger partial charge in [0.1, 0.15) is 11.6 Å². The highest BCUT2D eigenvalue weighted by atomic mass is 16.1. The molecule has 0 aromatic carbocycles. The highest BCUT2D eigenvalue weighted by molar-refractivity contribution is 5.37. The third-order valence-electron chi connectivity index (χ3n) is 3.45. The van der Waals surface area contributed by atoms with Crippen molar-refractivity contribution >= 4 is 5.82 Å². The number of nitrogens with two attached hydrogens (primary N) is 1. The first-order chi connectivity index (χ1) is 8.13. The minimum absolute atomic E-state index is 0.0779. The summed E-state index contributed by atoms with van der Waals surface area (Å²) in [6, 6.07) is 1.50. The lowest BCUT2D eigenvalue weighted by Gasteiger charge is -2.37. The molecule has 0 radical (unpaired) electrons. The van der Waals surface area contributed by atoms with E-state index < -0.39 is 0 Å². The Morgan fingerprint density at radius 1 is 1.47 bits per heavy atom. The second-order valence-corrected chi connectivity index (χ2v) is 4.89. The number of hydrogen-bond donors (Lipinski definition) is 3. The fourth-order valence-corrected chi connectivity index (χ4v) is 2.52. The highest BCUT2D eigenvalue weighted by Gasteiger charge is 2.30. The van der Waals surface area contributed by atoms with Gasteiger partial charge in [-0.25, -0.2) is 4.98 Å². The number of aromatic amines is 1. The van der Waals surface area contributed by atoms with Crippen molar-refractivity contribution in [3.63, 3.8) is 0 Å². The number of hydrogen-bond acceptors (Lipinski definition) is 4. The summed E-state index contributed by atoms with van der Waals surface area (Å²) in [4.78, 5) is 18.3. The predicted molar refractivity (Wildman–Crippen MR) is 68.1 cm³/mol. The Bertz CT molecular complexity index is 434. The van der Waals surface area contributed by atoms with Crippen molar-refractivity contribution in [3.05, 3.63) is 22.2 Å². The molecule has 1 aliphatic rings. The minimum Gasteiger partial charge on any atom is -0.363 e. The van der Waals surface area contributed by atoms with Crippen molar-refractivity contribution in [3.8, 4) is 0 Å². The third-order valence-corrected chi connectivity index (χ3v) is 3.45. The van der Waals surface area contributed by atoms with Crippen molar-refractivity contribution in [2.45, 2.75) is 44.6 Å². The Labute approximate surface area is 101 Å². The molecular weight excluding hydrogens is 216 g/mol. The summed E-state index contributed by atoms with van der Waals surface area (Å²) in [7, 11) is 0. The van der Waals surface area contributed by atoms with Gasteiger partial charge >= 0.3 is 0 Å². The van der Waals surface area contributed by atoms with Gasteiger partial charge in [-0.15, -0.1) is 0 Å². The molecule has 0 bridgehead atoms. The standard InChI is InChI=1S/C12H20N4O/c1-9-14-10(7-11(17)15-9)16-12(8-13)5-3-2-4-6-12/h7H,2-6,8,13H2,1H3,(H2,14,15,16,17). The maximum Gasteiger partial charge on any atom is 0.252 e. The van der Waals surface area contributed by atoms with E-state index >= 15 is 0 Å². The van der Waals surface area contributed by atoms with Crippen LogP contribution in [0.1, 0.15) is 37.9 Å². The van der Waals surface area contributed by atoms with Gasteiger partial charge in [0.2, 0.25) is 0 Å². The molecule has 0 saturated heterocycles. The fraction of sp³-hybridized carbons (Fsp3) is 0.667. The van der Waals surface area contributed by atoms with Crippen LogP contribution in [0.4, 0.5) is 5.82 Å². The number of H-pyrrole nitrogens is 1. The molecule has 0 amide bonds. The summed E-state index contributed by atoms with van der Waals surface area (Å²) < 4.78 is 0. The van der Waals surface area contributed by atoms with Gasteiger partial charge in [-0.3, -0.25) is 4.79 Å². The van der Waals surface area contributed by atoms with Crippen molar-refractivity contribution < 1.29 is 0 Å². The van der Waals surface area contributed by atoms with Crippen LogP contribution in [-0.4, -0.2) is 22.1 Å². The molecule has 0 spiro atoms. The van der Waals surface area contributed by atoms with Crippen molar-refractivity contribution in [2.24, 2.45) is 5.73 Å². The average molecular weight is 236 g/mol. The SMILES string of the molecule is Cc1nc(NC2(CN)CCCCC2)cc(=O)[nH]1. The lowest BCUT2D eigenvalue weighted by atomic mass is 9.82. The molecule has 1 aromatic heterocycles. The Balaban J connectivity index is 2.20. The largest absolute Gasteiger partial charge is 0.363 e. The lowest BCUT2D eigenvalue weighted by molar-refractivity contribution is 0.330. The van der Waals surface area contributed by atoms with Crippen molar-refractivity contribution in [1.29, 1.82) is 0 Å². The number of nitrogens with zero attached hydrogens (tertiary/aromatic N) is 1. The van der Waals surface area contributed by atoms with Crippen LogP contribution in [0.2, 0.25) is 0 Å². The lowest BCUT2D eigenvalue weighted by Crippen LogP contribution is -2.47. The molecule has 0 unspecified atom stereocenters. The second-order valence-electron chi connectivity index (χ2n) is 4.89. The Kier molecular flexibility index (Phi) is 3.47. The molecule has 1 aliphatic carbocycles. The fourth-order valence-electron chi connectivity index (χ4n) is 2.52. The molecule has 17 heavy (non-hydrogen) atoms. The second kappa shape index (κ2) is 4.87. The maximum absolute atomic E-state index is 11.4. The van der Waals surface area contributed by atoms with Gasteiger partial charge in [-0.2, -0.15) is 0 Å². The topological polar surface area (TPSA) is 83.8 Å². The monoisotopic (exact) mass is 236 g/mol. The minimum atomic E-state index is -0.122. The van der Waals surface area contributed by atoms with Crippen molar-refractivity contribution in [2.75, 3.05) is 11.9 Å². The molecule has 5 nitrogen and oxygen atoms in total. The summed E-state index contributed by atoms with van der Waals surface area (Å²) >= 11 is 0. The van der Waals surface area contributed by atoms with E-state index in [1.54, 1.807) is 6.92 Å². The van der Waals surface area contributed by atoms with Gasteiger partial charge in [0.15, 0.2) is 0 Å². The van der Waals surface area contributed by atoms with Gasteiger partial charge < -0.3 is 16.0 Å². The van der Waals surface area contributed by atoms with E-state index in [1.807, 2.05) is 0 Å². The van der Waals surface area contributed by atoms with Gasteiger partial charge in [-0.05, 0) is 19.8 Å². The molecule has 5 heteroatoms. The number of aromatic nitrogens is 2. The number of anilines is 1. The average Bonchev–Trinajstić information content (AvgIpc) is 2.29. The molecule has 0 aliphatic heterocycles. The molecular formula is C12H20N4O. The number of aryl methyl sites for hydroxylation is 1. The summed E-state index contributed by atoms with van der Waals surface area (Å²) in [6.07, 6.45) is 5.75. The van der Waals surface area contributed by atoms with E-state index in [0.29, 0.717) is 18.2 Å². The third kappa shape index (κ3) is 2.85. The van der Waals surface area contributed by atoms with Crippen LogP contribution in [-0.2, 0) is 0 Å². The summed E-state index contributed by atoms with van der Waals surface area (Å²) in [5, 5.41) is 3.37. The van der Waals surface area contributed by atoms with E-state index in [-0.39, 0.29) is 11.1 Å². The van der Waals surface area contributed by atoms with Gasteiger partial charge in [-0.1, -0.05) is 19.3 Å². The molecule has 4 N–H and O–H groups in total. The van der Waals surface area contributed by atoms with Gasteiger partial charge in [0.25, 0.3) is 5.56 Å². The maximum atomic E-state index is 11.4. The van der Waals surface area contributed by atoms with Crippen LogP contribution in [0, 0.1) is 6.92 Å². The van der Waals surface area contributed by atoms with Crippen LogP contribution >= 0.6 is 0 Å². The zero-order chi connectivity index (χ0) is 12.3. The molecule has 2 rings (SSSR count). The van der Waals surface area contributed by atoms with E-state index in [2.05, 4.69) is 15.3 Å². The van der Waals surface area contributed by atoms with E-state index in [1.165, 1.54) is 25.3 Å². The smallest absolute Gasteiger partial charge is 0.252 e. The number of rotatable bonds is 3. The molecule has 94 valence electrons. The Hall–Kier alpha value is -1.36. The molecule has 1 saturated carbocycles. The zero-order valence-electron chi connectivity index (χ0n) is 10.3. The first kappa shape index (κ1) is 12.1. The zero-order valence-corrected chi connectivity index (χ0v) is 10.3. The van der Waals surface area contributed by atoms with Crippen LogP contribution in [0.5, 0.6) is 0 Å². The summed E-state index contributed by atoms with van der Waals surface area (Å²) in [5.74, 6) is 1.27. The molecule has 1 heterocycles. The normalized spacial score (nSPS) is 18.9. The van der Waals surface area contributed by atoms with Crippen LogP contribution in [0.15, 0.2) is 10.9 Å². The van der Waals surface area contributed by atoms with Crippen LogP contribution < -0.4 is 16.6 Å². The quantitative estimate of drug-likeness (QED) is 0.735. The van der Waals surface area contributed by atoms with Crippen LogP contribution in [0.25, 0.3) is 0 Å². The van der Waals surface area contributed by atoms with E-state index in [0.717, 1.165) is 12.8 Å². The van der Waals surface area contributed by atoms with E-state index in [9.17, 15) is 4.79 Å². The molecule has 1 aromatic rings. The Morgan fingerprint density at radius 2 is 2.18 bits per heavy atom. The first-order valence-electron chi connectivity index (χ1n) is 6.20. The predicted octanol–water partition coefficient (Wildman–Crippen LogP) is 1.15. The van der Waals surface area contributed by atoms with E-state index in [4.69, 9.17) is 5.73 Å². The van der Waals surface area contributed by atoms with Crippen LogP contribution in [0.3, 0.4) is 0 Å². The molecule has 0 atom stereocenters. The highest BCUT2D eigenvalue weighted by Crippen LogP contribution is 2.30. The Morgan fingerprint density at radius 3 is 2.76 bits per heavy atom. The summed E-state index contributed by atoms with van der Waals surface area (Å²) in [6.45, 7) is 2.36. The van der Waals surface area contributed by atoms with Gasteiger partial charge in [0.05, 0.1) is 5.54 Å². The number of nitrogens with one attached hydrogen (secondary N) is 2. The van der Waals surface area contributed by atoms with Gasteiger partial charge in [0, 0.05) is 12.6 Å². The first-order valence-corrected chi connectivity index (χ1v) is 6.20.